The molecule has 0 saturated carbocycles. The van der Waals surface area contributed by atoms with Gasteiger partial charge < -0.3 is 14.4 Å². The number of carbonyl (C=O) groups is 1. The van der Waals surface area contributed by atoms with Crippen LogP contribution in [0.25, 0.3) is 0 Å². The SMILES string of the molecule is CN(Cc1cccs1)C(=O)CSCc1cc(Cl)c2c(c1)OCCO2. The van der Waals surface area contributed by atoms with Gasteiger partial charge in [-0.15, -0.1) is 23.1 Å². The summed E-state index contributed by atoms with van der Waals surface area (Å²) >= 11 is 9.47. The molecule has 1 amide bonds. The van der Waals surface area contributed by atoms with Crippen molar-refractivity contribution in [2.75, 3.05) is 26.0 Å². The number of fused-ring (bicyclic) bond motifs is 1. The molecule has 128 valence electrons. The summed E-state index contributed by atoms with van der Waals surface area (Å²) in [7, 11) is 1.84. The van der Waals surface area contributed by atoms with Crippen LogP contribution in [-0.4, -0.2) is 36.8 Å². The molecule has 0 atom stereocenters. The van der Waals surface area contributed by atoms with Gasteiger partial charge in [-0.3, -0.25) is 4.79 Å². The summed E-state index contributed by atoms with van der Waals surface area (Å²) in [5.41, 5.74) is 1.03. The number of halogens is 1. The number of thiophene rings is 1. The van der Waals surface area contributed by atoms with Crippen molar-refractivity contribution in [1.82, 2.24) is 4.90 Å². The van der Waals surface area contributed by atoms with E-state index in [-0.39, 0.29) is 5.91 Å². The Morgan fingerprint density at radius 2 is 2.21 bits per heavy atom. The quantitative estimate of drug-likeness (QED) is 0.753. The first kappa shape index (κ1) is 17.5. The highest BCUT2D eigenvalue weighted by Crippen LogP contribution is 2.39. The van der Waals surface area contributed by atoms with Crippen molar-refractivity contribution in [1.29, 1.82) is 0 Å². The summed E-state index contributed by atoms with van der Waals surface area (Å²) in [4.78, 5) is 15.1. The highest BCUT2D eigenvalue weighted by atomic mass is 35.5. The van der Waals surface area contributed by atoms with Gasteiger partial charge in [0.05, 0.1) is 17.3 Å². The standard InChI is InChI=1S/C17H18ClNO3S2/c1-19(9-13-3-2-6-24-13)16(20)11-23-10-12-7-14(18)17-15(8-12)21-4-5-22-17/h2-3,6-8H,4-5,9-11H2,1H3. The fourth-order valence-corrected chi connectivity index (χ4v) is 4.28. The number of nitrogens with zero attached hydrogens (tertiary/aromatic N) is 1. The normalized spacial score (nSPS) is 12.9. The highest BCUT2D eigenvalue weighted by molar-refractivity contribution is 7.99. The Kier molecular flexibility index (Phi) is 5.92. The van der Waals surface area contributed by atoms with Crippen LogP contribution in [0.3, 0.4) is 0 Å². The first-order valence-electron chi connectivity index (χ1n) is 7.55. The fourth-order valence-electron chi connectivity index (χ4n) is 2.34. The average molecular weight is 384 g/mol. The maximum absolute atomic E-state index is 12.2. The van der Waals surface area contributed by atoms with Gasteiger partial charge in [-0.2, -0.15) is 0 Å². The minimum absolute atomic E-state index is 0.122. The van der Waals surface area contributed by atoms with Crippen molar-refractivity contribution < 1.29 is 14.3 Å². The molecule has 7 heteroatoms. The minimum atomic E-state index is 0.122. The topological polar surface area (TPSA) is 38.8 Å². The Balaban J connectivity index is 1.51. The lowest BCUT2D eigenvalue weighted by atomic mass is 10.2. The Labute approximate surface area is 154 Å². The highest BCUT2D eigenvalue weighted by Gasteiger charge is 2.17. The summed E-state index contributed by atoms with van der Waals surface area (Å²) in [6, 6.07) is 7.85. The van der Waals surface area contributed by atoms with Crippen LogP contribution in [0.2, 0.25) is 5.02 Å². The number of thioether (sulfide) groups is 1. The van der Waals surface area contributed by atoms with Crippen LogP contribution in [0.4, 0.5) is 0 Å². The molecule has 4 nitrogen and oxygen atoms in total. The minimum Gasteiger partial charge on any atom is -0.486 e. The molecule has 1 aliphatic heterocycles. The Hall–Kier alpha value is -1.37. The molecular formula is C17H18ClNO3S2. The molecule has 0 saturated heterocycles. The van der Waals surface area contributed by atoms with Crippen LogP contribution in [0.1, 0.15) is 10.4 Å². The molecule has 0 radical (unpaired) electrons. The van der Waals surface area contributed by atoms with Crippen LogP contribution >= 0.6 is 34.7 Å². The van der Waals surface area contributed by atoms with E-state index in [2.05, 4.69) is 0 Å². The van der Waals surface area contributed by atoms with Crippen LogP contribution < -0.4 is 9.47 Å². The summed E-state index contributed by atoms with van der Waals surface area (Å²) < 4.78 is 11.1. The van der Waals surface area contributed by atoms with Crippen molar-refractivity contribution in [3.8, 4) is 11.5 Å². The van der Waals surface area contributed by atoms with Gasteiger partial charge in [-0.1, -0.05) is 17.7 Å². The van der Waals surface area contributed by atoms with E-state index in [0.29, 0.717) is 47.8 Å². The predicted molar refractivity (Wildman–Crippen MR) is 99.4 cm³/mol. The van der Waals surface area contributed by atoms with Crippen molar-refractivity contribution in [3.63, 3.8) is 0 Å². The van der Waals surface area contributed by atoms with E-state index in [9.17, 15) is 4.79 Å². The molecule has 1 aromatic heterocycles. The second-order valence-corrected chi connectivity index (χ2v) is 7.85. The molecule has 2 aromatic rings. The number of amides is 1. The van der Waals surface area contributed by atoms with Gasteiger partial charge in [-0.05, 0) is 29.1 Å². The van der Waals surface area contributed by atoms with Crippen LogP contribution in [0.15, 0.2) is 29.6 Å². The van der Waals surface area contributed by atoms with E-state index in [4.69, 9.17) is 21.1 Å². The molecule has 0 spiro atoms. The maximum Gasteiger partial charge on any atom is 0.232 e. The molecule has 0 aliphatic carbocycles. The first-order chi connectivity index (χ1) is 11.6. The first-order valence-corrected chi connectivity index (χ1v) is 9.97. The monoisotopic (exact) mass is 383 g/mol. The zero-order valence-corrected chi connectivity index (χ0v) is 15.7. The number of benzene rings is 1. The van der Waals surface area contributed by atoms with E-state index in [1.54, 1.807) is 28.0 Å². The molecule has 0 bridgehead atoms. The Bertz CT molecular complexity index is 706. The maximum atomic E-state index is 12.2. The van der Waals surface area contributed by atoms with Gasteiger partial charge in [0.1, 0.15) is 13.2 Å². The number of hydrogen-bond acceptors (Lipinski definition) is 5. The van der Waals surface area contributed by atoms with Gasteiger partial charge in [0.25, 0.3) is 0 Å². The van der Waals surface area contributed by atoms with Gasteiger partial charge in [0.15, 0.2) is 11.5 Å². The van der Waals surface area contributed by atoms with Gasteiger partial charge >= 0.3 is 0 Å². The zero-order valence-electron chi connectivity index (χ0n) is 13.3. The van der Waals surface area contributed by atoms with Gasteiger partial charge in [0, 0.05) is 17.7 Å². The van der Waals surface area contributed by atoms with E-state index in [0.717, 1.165) is 5.56 Å². The smallest absolute Gasteiger partial charge is 0.232 e. The Morgan fingerprint density at radius 3 is 3.00 bits per heavy atom. The number of rotatable bonds is 6. The fraction of sp³-hybridized carbons (Fsp3) is 0.353. The van der Waals surface area contributed by atoms with Crippen LogP contribution in [-0.2, 0) is 17.1 Å². The van der Waals surface area contributed by atoms with Crippen LogP contribution in [0, 0.1) is 0 Å². The van der Waals surface area contributed by atoms with E-state index in [1.807, 2.05) is 36.7 Å². The van der Waals surface area contributed by atoms with E-state index in [1.165, 1.54) is 4.88 Å². The van der Waals surface area contributed by atoms with Gasteiger partial charge in [0.2, 0.25) is 5.91 Å². The van der Waals surface area contributed by atoms with Gasteiger partial charge in [-0.25, -0.2) is 0 Å². The summed E-state index contributed by atoms with van der Waals surface area (Å²) in [5, 5.41) is 2.58. The van der Waals surface area contributed by atoms with Crippen molar-refractivity contribution in [3.05, 3.63) is 45.1 Å². The second kappa shape index (κ2) is 8.14. The molecular weight excluding hydrogens is 366 g/mol. The molecule has 1 aromatic carbocycles. The average Bonchev–Trinajstić information content (AvgIpc) is 3.08. The third-order valence-corrected chi connectivity index (χ3v) is 5.68. The van der Waals surface area contributed by atoms with E-state index >= 15 is 0 Å². The molecule has 2 heterocycles. The number of hydrogen-bond donors (Lipinski definition) is 0. The second-order valence-electron chi connectivity index (χ2n) is 5.42. The molecule has 3 rings (SSSR count). The lowest BCUT2D eigenvalue weighted by Gasteiger charge is -2.20. The van der Waals surface area contributed by atoms with Crippen molar-refractivity contribution >= 4 is 40.6 Å². The molecule has 0 fully saturated rings. The number of carbonyl (C=O) groups excluding carboxylic acids is 1. The molecule has 24 heavy (non-hydrogen) atoms. The molecule has 1 aliphatic rings. The third-order valence-electron chi connectivity index (χ3n) is 3.55. The predicted octanol–water partition coefficient (Wildman–Crippen LogP) is 4.06. The Morgan fingerprint density at radius 1 is 1.38 bits per heavy atom. The van der Waals surface area contributed by atoms with E-state index < -0.39 is 0 Å². The summed E-state index contributed by atoms with van der Waals surface area (Å²) in [5.74, 6) is 2.56. The van der Waals surface area contributed by atoms with Crippen molar-refractivity contribution in [2.45, 2.75) is 12.3 Å². The lowest BCUT2D eigenvalue weighted by molar-refractivity contribution is -0.127. The third kappa shape index (κ3) is 4.37. The zero-order chi connectivity index (χ0) is 16.9. The summed E-state index contributed by atoms with van der Waals surface area (Å²) in [6.07, 6.45) is 0. The largest absolute Gasteiger partial charge is 0.486 e. The van der Waals surface area contributed by atoms with Crippen molar-refractivity contribution in [2.24, 2.45) is 0 Å². The lowest BCUT2D eigenvalue weighted by Crippen LogP contribution is -2.27. The van der Waals surface area contributed by atoms with Crippen LogP contribution in [0.5, 0.6) is 11.5 Å². The number of ether oxygens (including phenoxy) is 2. The summed E-state index contributed by atoms with van der Waals surface area (Å²) in [6.45, 7) is 1.71. The molecule has 0 N–H and O–H groups in total. The molecule has 0 unspecified atom stereocenters.